The van der Waals surface area contributed by atoms with E-state index >= 15 is 0 Å². The van der Waals surface area contributed by atoms with E-state index in [-0.39, 0.29) is 12.6 Å². The number of nitrogens with one attached hydrogen (secondary N) is 2. The van der Waals surface area contributed by atoms with Crippen LogP contribution in [-0.4, -0.2) is 28.6 Å². The van der Waals surface area contributed by atoms with Gasteiger partial charge in [-0.3, -0.25) is 4.79 Å². The molecule has 0 unspecified atom stereocenters. The maximum Gasteiger partial charge on any atom is 0.315 e. The molecule has 6 nitrogen and oxygen atoms in total. The Morgan fingerprint density at radius 3 is 2.70 bits per heavy atom. The summed E-state index contributed by atoms with van der Waals surface area (Å²) in [6.45, 7) is 2.62. The number of carbonyl (C=O) groups excluding carboxylic acids is 1. The number of carboxylic acids is 1. The Kier molecular flexibility index (Phi) is 4.59. The summed E-state index contributed by atoms with van der Waals surface area (Å²) in [6.07, 6.45) is 4.93. The molecule has 1 saturated carbocycles. The van der Waals surface area contributed by atoms with Crippen LogP contribution in [0.1, 0.15) is 36.1 Å². The van der Waals surface area contributed by atoms with Crippen LogP contribution in [0, 0.1) is 5.41 Å². The van der Waals surface area contributed by atoms with Crippen molar-refractivity contribution in [2.75, 3.05) is 6.54 Å². The van der Waals surface area contributed by atoms with Gasteiger partial charge in [-0.05, 0) is 19.3 Å². The van der Waals surface area contributed by atoms with Crippen molar-refractivity contribution in [2.45, 2.75) is 39.2 Å². The molecule has 0 spiro atoms. The predicted molar refractivity (Wildman–Crippen MR) is 75.7 cm³/mol. The first-order chi connectivity index (χ1) is 9.55. The summed E-state index contributed by atoms with van der Waals surface area (Å²) in [6, 6.07) is -0.342. The first kappa shape index (κ1) is 14.8. The molecule has 2 rings (SSSR count). The lowest BCUT2D eigenvalue weighted by molar-refractivity contribution is -0.153. The molecule has 1 fully saturated rings. The third-order valence-corrected chi connectivity index (χ3v) is 4.84. The largest absolute Gasteiger partial charge is 0.481 e. The zero-order valence-corrected chi connectivity index (χ0v) is 12.3. The minimum Gasteiger partial charge on any atom is -0.481 e. The van der Waals surface area contributed by atoms with Crippen molar-refractivity contribution in [1.29, 1.82) is 0 Å². The molecule has 0 saturated heterocycles. The summed E-state index contributed by atoms with van der Waals surface area (Å²) in [5, 5.41) is 15.4. The van der Waals surface area contributed by atoms with Gasteiger partial charge in [0.1, 0.15) is 5.01 Å². The minimum atomic E-state index is -0.823. The van der Waals surface area contributed by atoms with Gasteiger partial charge in [-0.2, -0.15) is 0 Å². The number of nitrogens with zero attached hydrogens (tertiary/aromatic N) is 1. The average Bonchev–Trinajstić information content (AvgIpc) is 2.82. The first-order valence-electron chi connectivity index (χ1n) is 6.74. The van der Waals surface area contributed by atoms with Gasteiger partial charge in [0, 0.05) is 17.6 Å². The lowest BCUT2D eigenvalue weighted by Gasteiger charge is -2.37. The second-order valence-corrected chi connectivity index (χ2v) is 6.25. The molecule has 0 atom stereocenters. The summed E-state index contributed by atoms with van der Waals surface area (Å²) in [5.41, 5.74) is -0.756. The van der Waals surface area contributed by atoms with E-state index in [1.54, 1.807) is 11.3 Å². The van der Waals surface area contributed by atoms with Crippen molar-refractivity contribution < 1.29 is 14.7 Å². The summed E-state index contributed by atoms with van der Waals surface area (Å²) in [7, 11) is 0. The topological polar surface area (TPSA) is 91.3 Å². The molecule has 1 aromatic heterocycles. The van der Waals surface area contributed by atoms with Gasteiger partial charge in [-0.1, -0.05) is 13.3 Å². The molecule has 1 aliphatic carbocycles. The highest BCUT2D eigenvalue weighted by molar-refractivity contribution is 7.11. The average molecular weight is 297 g/mol. The number of aryl methyl sites for hydroxylation is 1. The van der Waals surface area contributed by atoms with Crippen LogP contribution in [0.2, 0.25) is 0 Å². The summed E-state index contributed by atoms with van der Waals surface area (Å²) in [5.74, 6) is -0.823. The Labute approximate surface area is 121 Å². The van der Waals surface area contributed by atoms with Gasteiger partial charge in [0.25, 0.3) is 0 Å². The molecule has 0 aliphatic heterocycles. The van der Waals surface area contributed by atoms with Crippen LogP contribution >= 0.6 is 11.3 Å². The van der Waals surface area contributed by atoms with Crippen molar-refractivity contribution in [3.8, 4) is 0 Å². The monoisotopic (exact) mass is 297 g/mol. The Morgan fingerprint density at radius 2 is 2.20 bits per heavy atom. The maximum absolute atomic E-state index is 11.7. The summed E-state index contributed by atoms with van der Waals surface area (Å²) < 4.78 is 0. The standard InChI is InChI=1S/C13H19N3O3S/c1-2-9-6-14-10(20-9)7-15-12(19)16-8-13(11(17)18)4-3-5-13/h6H,2-5,7-8H2,1H3,(H,17,18)(H2,15,16,19). The highest BCUT2D eigenvalue weighted by atomic mass is 32.1. The second-order valence-electron chi connectivity index (χ2n) is 5.05. The van der Waals surface area contributed by atoms with Crippen molar-refractivity contribution in [2.24, 2.45) is 5.41 Å². The normalized spacial score (nSPS) is 16.2. The van der Waals surface area contributed by atoms with Crippen molar-refractivity contribution in [3.05, 3.63) is 16.1 Å². The molecular formula is C13H19N3O3S. The van der Waals surface area contributed by atoms with Gasteiger partial charge in [-0.25, -0.2) is 9.78 Å². The Hall–Kier alpha value is -1.63. The van der Waals surface area contributed by atoms with Crippen molar-refractivity contribution >= 4 is 23.3 Å². The van der Waals surface area contributed by atoms with Gasteiger partial charge < -0.3 is 15.7 Å². The Bertz CT molecular complexity index is 497. The molecule has 1 aromatic rings. The predicted octanol–water partition coefficient (Wildman–Crippen LogP) is 1.76. The van der Waals surface area contributed by atoms with Gasteiger partial charge in [0.05, 0.1) is 12.0 Å². The van der Waals surface area contributed by atoms with Crippen LogP contribution in [-0.2, 0) is 17.8 Å². The first-order valence-corrected chi connectivity index (χ1v) is 7.56. The third kappa shape index (κ3) is 3.27. The van der Waals surface area contributed by atoms with E-state index in [9.17, 15) is 9.59 Å². The number of carbonyl (C=O) groups is 2. The third-order valence-electron chi connectivity index (χ3n) is 3.70. The van der Waals surface area contributed by atoms with Crippen LogP contribution in [0.25, 0.3) is 0 Å². The zero-order chi connectivity index (χ0) is 14.6. The fourth-order valence-electron chi connectivity index (χ4n) is 2.13. The molecule has 1 aliphatic rings. The quantitative estimate of drug-likeness (QED) is 0.746. The number of aliphatic carboxylic acids is 1. The lowest BCUT2D eigenvalue weighted by Crippen LogP contribution is -2.49. The molecule has 0 aromatic carbocycles. The van der Waals surface area contributed by atoms with E-state index in [1.165, 1.54) is 4.88 Å². The van der Waals surface area contributed by atoms with Crippen molar-refractivity contribution in [3.63, 3.8) is 0 Å². The number of aromatic nitrogens is 1. The van der Waals surface area contributed by atoms with E-state index in [1.807, 2.05) is 6.20 Å². The number of amides is 2. The van der Waals surface area contributed by atoms with E-state index in [2.05, 4.69) is 22.5 Å². The number of thiazole rings is 1. The fourth-order valence-corrected chi connectivity index (χ4v) is 2.93. The second kappa shape index (κ2) is 6.21. The lowest BCUT2D eigenvalue weighted by atomic mass is 9.69. The highest BCUT2D eigenvalue weighted by Gasteiger charge is 2.44. The molecule has 3 N–H and O–H groups in total. The number of urea groups is 1. The smallest absolute Gasteiger partial charge is 0.315 e. The highest BCUT2D eigenvalue weighted by Crippen LogP contribution is 2.40. The Morgan fingerprint density at radius 1 is 1.45 bits per heavy atom. The molecule has 1 heterocycles. The Balaban J connectivity index is 1.74. The van der Waals surface area contributed by atoms with E-state index in [0.29, 0.717) is 19.4 Å². The molecule has 0 radical (unpaired) electrons. The van der Waals surface area contributed by atoms with Crippen LogP contribution in [0.4, 0.5) is 4.79 Å². The summed E-state index contributed by atoms with van der Waals surface area (Å²) in [4.78, 5) is 28.2. The molecule has 0 bridgehead atoms. The molecule has 110 valence electrons. The van der Waals surface area contributed by atoms with Crippen LogP contribution in [0.3, 0.4) is 0 Å². The SMILES string of the molecule is CCc1cnc(CNC(=O)NCC2(C(=O)O)CCC2)s1. The molecule has 2 amide bonds. The van der Waals surface area contributed by atoms with Gasteiger partial charge in [0.15, 0.2) is 0 Å². The number of rotatable bonds is 6. The van der Waals surface area contributed by atoms with Crippen LogP contribution in [0.15, 0.2) is 6.20 Å². The minimum absolute atomic E-state index is 0.187. The molecule has 7 heteroatoms. The maximum atomic E-state index is 11.7. The zero-order valence-electron chi connectivity index (χ0n) is 11.4. The summed E-state index contributed by atoms with van der Waals surface area (Å²) >= 11 is 1.57. The van der Waals surface area contributed by atoms with E-state index in [0.717, 1.165) is 17.8 Å². The van der Waals surface area contributed by atoms with Crippen LogP contribution in [0.5, 0.6) is 0 Å². The van der Waals surface area contributed by atoms with Gasteiger partial charge >= 0.3 is 12.0 Å². The van der Waals surface area contributed by atoms with E-state index < -0.39 is 11.4 Å². The number of hydrogen-bond acceptors (Lipinski definition) is 4. The van der Waals surface area contributed by atoms with Crippen LogP contribution < -0.4 is 10.6 Å². The van der Waals surface area contributed by atoms with Crippen molar-refractivity contribution in [1.82, 2.24) is 15.6 Å². The number of carboxylic acid groups (broad SMARTS) is 1. The van der Waals surface area contributed by atoms with Gasteiger partial charge in [0.2, 0.25) is 0 Å². The van der Waals surface area contributed by atoms with E-state index in [4.69, 9.17) is 5.11 Å². The van der Waals surface area contributed by atoms with Gasteiger partial charge in [-0.15, -0.1) is 11.3 Å². The number of hydrogen-bond donors (Lipinski definition) is 3. The molecule has 20 heavy (non-hydrogen) atoms. The fraction of sp³-hybridized carbons (Fsp3) is 0.615. The molecular weight excluding hydrogens is 278 g/mol.